The number of hydrogen-bond acceptors (Lipinski definition) is 4. The van der Waals surface area contributed by atoms with Gasteiger partial charge in [0.25, 0.3) is 0 Å². The third-order valence-corrected chi connectivity index (χ3v) is 3.58. The third kappa shape index (κ3) is 3.12. The molecule has 1 unspecified atom stereocenters. The van der Waals surface area contributed by atoms with E-state index in [9.17, 15) is 0 Å². The van der Waals surface area contributed by atoms with Crippen molar-refractivity contribution in [1.29, 1.82) is 0 Å². The standard InChI is InChI=1S/C13H17N3S/c1-9-3-5-11(6-4-9)13(16-14)7-12-8-17-10(2)15-12/h3-6,8,13,16H,7,14H2,1-2H3. The minimum absolute atomic E-state index is 0.122. The fourth-order valence-corrected chi connectivity index (χ4v) is 2.41. The third-order valence-electron chi connectivity index (χ3n) is 2.76. The van der Waals surface area contributed by atoms with Crippen LogP contribution >= 0.6 is 11.3 Å². The number of aromatic nitrogens is 1. The van der Waals surface area contributed by atoms with Crippen molar-refractivity contribution in [3.05, 3.63) is 51.5 Å². The lowest BCUT2D eigenvalue weighted by Crippen LogP contribution is -2.29. The number of rotatable bonds is 4. The molecule has 0 aliphatic rings. The Balaban J connectivity index is 2.13. The number of thiazole rings is 1. The van der Waals surface area contributed by atoms with Gasteiger partial charge < -0.3 is 0 Å². The Hall–Kier alpha value is -1.23. The molecule has 0 aliphatic heterocycles. The highest BCUT2D eigenvalue weighted by Gasteiger charge is 2.11. The van der Waals surface area contributed by atoms with Crippen molar-refractivity contribution in [3.63, 3.8) is 0 Å². The van der Waals surface area contributed by atoms with Crippen LogP contribution in [0.3, 0.4) is 0 Å². The molecular weight excluding hydrogens is 230 g/mol. The van der Waals surface area contributed by atoms with Gasteiger partial charge in [0.05, 0.1) is 16.7 Å². The Labute approximate surface area is 106 Å². The fourth-order valence-electron chi connectivity index (χ4n) is 1.78. The van der Waals surface area contributed by atoms with Crippen LogP contribution in [-0.4, -0.2) is 4.98 Å². The predicted octanol–water partition coefficient (Wildman–Crippen LogP) is 2.51. The van der Waals surface area contributed by atoms with Crippen molar-refractivity contribution < 1.29 is 0 Å². The highest BCUT2D eigenvalue weighted by atomic mass is 32.1. The highest BCUT2D eigenvalue weighted by molar-refractivity contribution is 7.09. The number of nitrogens with two attached hydrogens (primary N) is 1. The van der Waals surface area contributed by atoms with Gasteiger partial charge in [-0.1, -0.05) is 29.8 Å². The lowest BCUT2D eigenvalue weighted by atomic mass is 10.0. The smallest absolute Gasteiger partial charge is 0.0897 e. The molecule has 0 amide bonds. The lowest BCUT2D eigenvalue weighted by Gasteiger charge is -2.15. The summed E-state index contributed by atoms with van der Waals surface area (Å²) in [4.78, 5) is 4.46. The Morgan fingerprint density at radius 3 is 2.53 bits per heavy atom. The zero-order chi connectivity index (χ0) is 12.3. The summed E-state index contributed by atoms with van der Waals surface area (Å²) >= 11 is 1.67. The van der Waals surface area contributed by atoms with E-state index < -0.39 is 0 Å². The van der Waals surface area contributed by atoms with E-state index in [1.165, 1.54) is 11.1 Å². The first kappa shape index (κ1) is 12.2. The fraction of sp³-hybridized carbons (Fsp3) is 0.308. The number of aryl methyl sites for hydroxylation is 2. The molecule has 17 heavy (non-hydrogen) atoms. The van der Waals surface area contributed by atoms with Gasteiger partial charge in [0, 0.05) is 11.8 Å². The van der Waals surface area contributed by atoms with Gasteiger partial charge in [0.15, 0.2) is 0 Å². The minimum Gasteiger partial charge on any atom is -0.271 e. The lowest BCUT2D eigenvalue weighted by molar-refractivity contribution is 0.547. The maximum absolute atomic E-state index is 5.62. The topological polar surface area (TPSA) is 50.9 Å². The zero-order valence-corrected chi connectivity index (χ0v) is 10.9. The van der Waals surface area contributed by atoms with E-state index in [0.717, 1.165) is 17.1 Å². The van der Waals surface area contributed by atoms with Crippen LogP contribution in [-0.2, 0) is 6.42 Å². The Morgan fingerprint density at radius 1 is 1.29 bits per heavy atom. The van der Waals surface area contributed by atoms with Gasteiger partial charge in [-0.25, -0.2) is 4.98 Å². The first-order valence-electron chi connectivity index (χ1n) is 5.62. The van der Waals surface area contributed by atoms with Crippen molar-refractivity contribution in [3.8, 4) is 0 Å². The monoisotopic (exact) mass is 247 g/mol. The molecule has 0 bridgehead atoms. The van der Waals surface area contributed by atoms with Crippen LogP contribution in [0.2, 0.25) is 0 Å². The molecule has 1 heterocycles. The molecule has 3 N–H and O–H groups in total. The van der Waals surface area contributed by atoms with Crippen molar-refractivity contribution >= 4 is 11.3 Å². The van der Waals surface area contributed by atoms with Crippen molar-refractivity contribution in [2.45, 2.75) is 26.3 Å². The van der Waals surface area contributed by atoms with E-state index in [2.05, 4.69) is 47.0 Å². The summed E-state index contributed by atoms with van der Waals surface area (Å²) in [6.07, 6.45) is 0.823. The average molecular weight is 247 g/mol. The molecule has 90 valence electrons. The van der Waals surface area contributed by atoms with E-state index in [4.69, 9.17) is 5.84 Å². The first-order chi connectivity index (χ1) is 8.19. The number of nitrogens with one attached hydrogen (secondary N) is 1. The summed E-state index contributed by atoms with van der Waals surface area (Å²) < 4.78 is 0. The first-order valence-corrected chi connectivity index (χ1v) is 6.50. The molecule has 0 saturated carbocycles. The molecule has 2 rings (SSSR count). The van der Waals surface area contributed by atoms with E-state index in [-0.39, 0.29) is 6.04 Å². The second kappa shape index (κ2) is 5.40. The molecule has 0 spiro atoms. The number of hydrogen-bond donors (Lipinski definition) is 2. The minimum atomic E-state index is 0.122. The Kier molecular flexibility index (Phi) is 3.89. The molecule has 2 aromatic rings. The molecule has 1 aromatic carbocycles. The van der Waals surface area contributed by atoms with Gasteiger partial charge in [-0.05, 0) is 19.4 Å². The summed E-state index contributed by atoms with van der Waals surface area (Å²) in [6, 6.07) is 8.55. The van der Waals surface area contributed by atoms with Crippen LogP contribution < -0.4 is 11.3 Å². The van der Waals surface area contributed by atoms with Crippen molar-refractivity contribution in [1.82, 2.24) is 10.4 Å². The van der Waals surface area contributed by atoms with Gasteiger partial charge in [0.1, 0.15) is 0 Å². The van der Waals surface area contributed by atoms with Crippen LogP contribution in [0.1, 0.15) is 27.9 Å². The quantitative estimate of drug-likeness (QED) is 0.644. The molecule has 1 aromatic heterocycles. The van der Waals surface area contributed by atoms with Crippen LogP contribution in [0.25, 0.3) is 0 Å². The normalized spacial score (nSPS) is 12.6. The van der Waals surface area contributed by atoms with Crippen molar-refractivity contribution in [2.75, 3.05) is 0 Å². The maximum Gasteiger partial charge on any atom is 0.0897 e. The highest BCUT2D eigenvalue weighted by Crippen LogP contribution is 2.19. The number of benzene rings is 1. The largest absolute Gasteiger partial charge is 0.271 e. The summed E-state index contributed by atoms with van der Waals surface area (Å²) in [7, 11) is 0. The van der Waals surface area contributed by atoms with Gasteiger partial charge in [-0.2, -0.15) is 0 Å². The second-order valence-corrected chi connectivity index (χ2v) is 5.25. The molecule has 1 atom stereocenters. The van der Waals surface area contributed by atoms with Gasteiger partial charge >= 0.3 is 0 Å². The van der Waals surface area contributed by atoms with Gasteiger partial charge in [0.2, 0.25) is 0 Å². The molecule has 3 nitrogen and oxygen atoms in total. The van der Waals surface area contributed by atoms with Crippen LogP contribution in [0.5, 0.6) is 0 Å². The molecule has 0 aliphatic carbocycles. The zero-order valence-electron chi connectivity index (χ0n) is 10.1. The maximum atomic E-state index is 5.62. The number of nitrogens with zero attached hydrogens (tertiary/aromatic N) is 1. The van der Waals surface area contributed by atoms with E-state index in [1.54, 1.807) is 11.3 Å². The van der Waals surface area contributed by atoms with E-state index >= 15 is 0 Å². The molecule has 0 fully saturated rings. The molecule has 0 radical (unpaired) electrons. The van der Waals surface area contributed by atoms with Crippen LogP contribution in [0.15, 0.2) is 29.6 Å². The Morgan fingerprint density at radius 2 is 2.00 bits per heavy atom. The molecule has 4 heteroatoms. The van der Waals surface area contributed by atoms with Crippen molar-refractivity contribution in [2.24, 2.45) is 5.84 Å². The molecular formula is C13H17N3S. The van der Waals surface area contributed by atoms with E-state index in [0.29, 0.717) is 0 Å². The Bertz CT molecular complexity index is 476. The van der Waals surface area contributed by atoms with Crippen LogP contribution in [0, 0.1) is 13.8 Å². The van der Waals surface area contributed by atoms with Gasteiger partial charge in [-0.15, -0.1) is 11.3 Å². The average Bonchev–Trinajstić information content (AvgIpc) is 2.73. The number of hydrazine groups is 1. The SMILES string of the molecule is Cc1ccc(C(Cc2csc(C)n2)NN)cc1. The summed E-state index contributed by atoms with van der Waals surface area (Å²) in [5, 5.41) is 3.19. The van der Waals surface area contributed by atoms with E-state index in [1.807, 2.05) is 6.92 Å². The van der Waals surface area contributed by atoms with Gasteiger partial charge in [-0.3, -0.25) is 11.3 Å². The predicted molar refractivity (Wildman–Crippen MR) is 71.8 cm³/mol. The second-order valence-electron chi connectivity index (χ2n) is 4.19. The summed E-state index contributed by atoms with van der Waals surface area (Å²) in [5.41, 5.74) is 6.41. The summed E-state index contributed by atoms with van der Waals surface area (Å²) in [5.74, 6) is 5.62. The molecule has 0 saturated heterocycles. The summed E-state index contributed by atoms with van der Waals surface area (Å²) in [6.45, 7) is 4.10. The van der Waals surface area contributed by atoms with Crippen LogP contribution in [0.4, 0.5) is 0 Å².